The Labute approximate surface area is 92.6 Å². The zero-order chi connectivity index (χ0) is 11.5. The summed E-state index contributed by atoms with van der Waals surface area (Å²) in [6, 6.07) is 7.09. The lowest BCUT2D eigenvalue weighted by molar-refractivity contribution is 0.0690. The second kappa shape index (κ2) is 4.10. The average molecular weight is 214 g/mol. The molecule has 0 aliphatic heterocycles. The van der Waals surface area contributed by atoms with Crippen LogP contribution >= 0.6 is 0 Å². The van der Waals surface area contributed by atoms with Crippen LogP contribution in [0.4, 0.5) is 0 Å². The molecule has 0 saturated heterocycles. The van der Waals surface area contributed by atoms with Gasteiger partial charge in [0, 0.05) is 23.7 Å². The number of hydrogen-bond donors (Lipinski definition) is 1. The first kappa shape index (κ1) is 10.3. The quantitative estimate of drug-likeness (QED) is 0.831. The maximum atomic E-state index is 10.8. The van der Waals surface area contributed by atoms with Gasteiger partial charge in [-0.25, -0.2) is 9.78 Å². The van der Waals surface area contributed by atoms with E-state index in [1.807, 2.05) is 19.1 Å². The van der Waals surface area contributed by atoms with Crippen LogP contribution in [0.3, 0.4) is 0 Å². The van der Waals surface area contributed by atoms with Crippen LogP contribution in [0.2, 0.25) is 0 Å². The van der Waals surface area contributed by atoms with Gasteiger partial charge in [0.05, 0.1) is 0 Å². The summed E-state index contributed by atoms with van der Waals surface area (Å²) in [5.41, 5.74) is 2.66. The van der Waals surface area contributed by atoms with Crippen LogP contribution in [0.1, 0.15) is 16.2 Å². The molecule has 0 amide bonds. The Kier molecular flexibility index (Phi) is 2.64. The van der Waals surface area contributed by atoms with Gasteiger partial charge in [-0.2, -0.15) is 0 Å². The Balaban J connectivity index is 2.44. The zero-order valence-electron chi connectivity index (χ0n) is 8.71. The van der Waals surface area contributed by atoms with E-state index in [0.717, 1.165) is 16.8 Å². The molecule has 16 heavy (non-hydrogen) atoms. The summed E-state index contributed by atoms with van der Waals surface area (Å²) in [5.74, 6) is -1.03. The van der Waals surface area contributed by atoms with E-state index in [0.29, 0.717) is 0 Å². The van der Waals surface area contributed by atoms with Crippen molar-refractivity contribution in [3.05, 3.63) is 48.0 Å². The summed E-state index contributed by atoms with van der Waals surface area (Å²) in [7, 11) is 0. The van der Waals surface area contributed by atoms with Gasteiger partial charge in [-0.3, -0.25) is 4.98 Å². The number of hydrogen-bond acceptors (Lipinski definition) is 3. The molecule has 4 nitrogen and oxygen atoms in total. The zero-order valence-corrected chi connectivity index (χ0v) is 8.71. The smallest absolute Gasteiger partial charge is 0.354 e. The number of aryl methyl sites for hydroxylation is 1. The van der Waals surface area contributed by atoms with Gasteiger partial charge >= 0.3 is 5.97 Å². The topological polar surface area (TPSA) is 63.1 Å². The minimum absolute atomic E-state index is 0.0399. The highest BCUT2D eigenvalue weighted by molar-refractivity contribution is 5.87. The van der Waals surface area contributed by atoms with E-state index in [-0.39, 0.29) is 5.69 Å². The number of aromatic carboxylic acids is 1. The highest BCUT2D eigenvalue weighted by atomic mass is 16.4. The molecule has 0 bridgehead atoms. The van der Waals surface area contributed by atoms with Gasteiger partial charge in [0.1, 0.15) is 5.69 Å². The van der Waals surface area contributed by atoms with Crippen molar-refractivity contribution in [2.45, 2.75) is 6.92 Å². The Morgan fingerprint density at radius 3 is 2.62 bits per heavy atom. The van der Waals surface area contributed by atoms with E-state index in [1.165, 1.54) is 12.3 Å². The molecule has 0 spiro atoms. The molecule has 2 aromatic heterocycles. The van der Waals surface area contributed by atoms with Crippen LogP contribution in [0, 0.1) is 6.92 Å². The first-order valence-corrected chi connectivity index (χ1v) is 4.79. The molecule has 1 N–H and O–H groups in total. The average Bonchev–Trinajstić information content (AvgIpc) is 2.30. The third kappa shape index (κ3) is 2.06. The summed E-state index contributed by atoms with van der Waals surface area (Å²) < 4.78 is 0. The molecule has 0 aliphatic carbocycles. The lowest BCUT2D eigenvalue weighted by Gasteiger charge is -2.02. The van der Waals surface area contributed by atoms with Crippen LogP contribution in [0.5, 0.6) is 0 Å². The molecule has 0 aliphatic rings. The summed E-state index contributed by atoms with van der Waals surface area (Å²) in [6.45, 7) is 1.90. The summed E-state index contributed by atoms with van der Waals surface area (Å²) in [4.78, 5) is 18.7. The fourth-order valence-corrected chi connectivity index (χ4v) is 1.37. The molecule has 4 heteroatoms. The van der Waals surface area contributed by atoms with Gasteiger partial charge in [-0.05, 0) is 30.7 Å². The molecule has 2 rings (SSSR count). The molecular formula is C12H10N2O2. The molecule has 80 valence electrons. The molecule has 0 unspecified atom stereocenters. The lowest BCUT2D eigenvalue weighted by atomic mass is 10.1. The predicted octanol–water partition coefficient (Wildman–Crippen LogP) is 2.15. The van der Waals surface area contributed by atoms with Crippen LogP contribution in [0.25, 0.3) is 11.1 Å². The molecule has 0 atom stereocenters. The van der Waals surface area contributed by atoms with E-state index in [4.69, 9.17) is 5.11 Å². The van der Waals surface area contributed by atoms with E-state index in [9.17, 15) is 4.79 Å². The molecule has 0 saturated carbocycles. The molecule has 2 heterocycles. The number of carboxylic acids is 1. The fraction of sp³-hybridized carbons (Fsp3) is 0.0833. The third-order valence-electron chi connectivity index (χ3n) is 2.22. The Morgan fingerprint density at radius 1 is 1.19 bits per heavy atom. The van der Waals surface area contributed by atoms with Crippen molar-refractivity contribution in [2.24, 2.45) is 0 Å². The van der Waals surface area contributed by atoms with Crippen molar-refractivity contribution in [1.82, 2.24) is 9.97 Å². The van der Waals surface area contributed by atoms with E-state index < -0.39 is 5.97 Å². The minimum atomic E-state index is -1.03. The predicted molar refractivity (Wildman–Crippen MR) is 59.2 cm³/mol. The molecule has 0 fully saturated rings. The highest BCUT2D eigenvalue weighted by Gasteiger charge is 2.06. The molecule has 2 aromatic rings. The van der Waals surface area contributed by atoms with Crippen molar-refractivity contribution in [1.29, 1.82) is 0 Å². The van der Waals surface area contributed by atoms with Gasteiger partial charge in [-0.15, -0.1) is 0 Å². The fourth-order valence-electron chi connectivity index (χ4n) is 1.37. The van der Waals surface area contributed by atoms with Crippen molar-refractivity contribution >= 4 is 5.97 Å². The first-order chi connectivity index (χ1) is 7.66. The number of pyridine rings is 2. The van der Waals surface area contributed by atoms with Crippen molar-refractivity contribution < 1.29 is 9.90 Å². The summed E-state index contributed by atoms with van der Waals surface area (Å²) in [5, 5.41) is 8.82. The van der Waals surface area contributed by atoms with Gasteiger partial charge in [0.25, 0.3) is 0 Å². The Bertz CT molecular complexity index is 521. The maximum Gasteiger partial charge on any atom is 0.354 e. The highest BCUT2D eigenvalue weighted by Crippen LogP contribution is 2.18. The largest absolute Gasteiger partial charge is 0.477 e. The maximum absolute atomic E-state index is 10.8. The standard InChI is InChI=1S/C12H10N2O2/c1-8-2-3-10(7-14-8)9-4-5-13-11(6-9)12(15)16/h2-7H,1H3,(H,15,16). The number of carbonyl (C=O) groups is 1. The normalized spacial score (nSPS) is 10.1. The molecular weight excluding hydrogens is 204 g/mol. The van der Waals surface area contributed by atoms with Gasteiger partial charge in [0.15, 0.2) is 0 Å². The number of aromatic nitrogens is 2. The number of nitrogens with zero attached hydrogens (tertiary/aromatic N) is 2. The monoisotopic (exact) mass is 214 g/mol. The third-order valence-corrected chi connectivity index (χ3v) is 2.22. The minimum Gasteiger partial charge on any atom is -0.477 e. The second-order valence-electron chi connectivity index (χ2n) is 3.42. The lowest BCUT2D eigenvalue weighted by Crippen LogP contribution is -1.99. The van der Waals surface area contributed by atoms with Gasteiger partial charge < -0.3 is 5.11 Å². The van der Waals surface area contributed by atoms with E-state index >= 15 is 0 Å². The first-order valence-electron chi connectivity index (χ1n) is 4.79. The Hall–Kier alpha value is -2.23. The van der Waals surface area contributed by atoms with Crippen LogP contribution in [-0.4, -0.2) is 21.0 Å². The summed E-state index contributed by atoms with van der Waals surface area (Å²) in [6.07, 6.45) is 3.20. The Morgan fingerprint density at radius 2 is 2.00 bits per heavy atom. The SMILES string of the molecule is Cc1ccc(-c2ccnc(C(=O)O)c2)cn1. The van der Waals surface area contributed by atoms with Crippen molar-refractivity contribution in [3.63, 3.8) is 0 Å². The van der Waals surface area contributed by atoms with Crippen LogP contribution < -0.4 is 0 Å². The van der Waals surface area contributed by atoms with Crippen LogP contribution in [0.15, 0.2) is 36.7 Å². The summed E-state index contributed by atoms with van der Waals surface area (Å²) >= 11 is 0. The molecule has 0 aromatic carbocycles. The van der Waals surface area contributed by atoms with Gasteiger partial charge in [-0.1, -0.05) is 6.07 Å². The second-order valence-corrected chi connectivity index (χ2v) is 3.42. The van der Waals surface area contributed by atoms with Gasteiger partial charge in [0.2, 0.25) is 0 Å². The van der Waals surface area contributed by atoms with E-state index in [1.54, 1.807) is 12.3 Å². The number of rotatable bonds is 2. The van der Waals surface area contributed by atoms with Crippen LogP contribution in [-0.2, 0) is 0 Å². The molecule has 0 radical (unpaired) electrons. The van der Waals surface area contributed by atoms with E-state index in [2.05, 4.69) is 9.97 Å². The number of carboxylic acid groups (broad SMARTS) is 1. The van der Waals surface area contributed by atoms with Crippen molar-refractivity contribution in [3.8, 4) is 11.1 Å². The van der Waals surface area contributed by atoms with Crippen molar-refractivity contribution in [2.75, 3.05) is 0 Å².